The average molecular weight is 1030 g/mol. The first-order valence-electron chi connectivity index (χ1n) is 20.9. The normalized spacial score (nSPS) is 12.8. The Morgan fingerprint density at radius 2 is 1.01 bits per heavy atom. The number of fused-ring (bicyclic) bond motifs is 4. The summed E-state index contributed by atoms with van der Waals surface area (Å²) in [5, 5.41) is 65.7. The molecule has 0 saturated carbocycles. The molecule has 0 unspecified atom stereocenters. The summed E-state index contributed by atoms with van der Waals surface area (Å²) in [6, 6.07) is 31.3. The van der Waals surface area contributed by atoms with Crippen molar-refractivity contribution in [3.8, 4) is 17.2 Å². The van der Waals surface area contributed by atoms with E-state index in [-0.39, 0.29) is 55.3 Å². The van der Waals surface area contributed by atoms with Crippen LogP contribution in [-0.2, 0) is 30.4 Å². The molecule has 0 aliphatic rings. The van der Waals surface area contributed by atoms with E-state index in [0.717, 1.165) is 11.6 Å². The van der Waals surface area contributed by atoms with Gasteiger partial charge in [0.25, 0.3) is 30.4 Å². The van der Waals surface area contributed by atoms with Gasteiger partial charge in [-0.1, -0.05) is 24.3 Å². The van der Waals surface area contributed by atoms with Gasteiger partial charge in [0.2, 0.25) is 0 Å². The second-order valence-electron chi connectivity index (χ2n) is 16.0. The number of rotatable bonds is 12. The summed E-state index contributed by atoms with van der Waals surface area (Å²) in [6.45, 7) is 5.37. The molecule has 0 aliphatic heterocycles. The summed E-state index contributed by atoms with van der Waals surface area (Å²) in [5.74, 6) is -0.471. The molecule has 0 spiro atoms. The molecule has 9 aromatic rings. The minimum Gasteiger partial charge on any atom is -0.506 e. The van der Waals surface area contributed by atoms with E-state index in [1.807, 2.05) is 6.92 Å². The molecule has 362 valence electrons. The lowest BCUT2D eigenvalue weighted by Crippen LogP contribution is -2.04. The van der Waals surface area contributed by atoms with Crippen LogP contribution in [0.25, 0.3) is 38.3 Å². The molecule has 1 aromatic heterocycles. The number of hydrogen-bond acceptors (Lipinski definition) is 18. The topological polar surface area (TPSA) is 333 Å². The van der Waals surface area contributed by atoms with Crippen LogP contribution in [0.1, 0.15) is 16.7 Å². The maximum absolute atomic E-state index is 12.2. The SMILES string of the molecule is Cc1cc(N=Nc2cc(O)c(N=Nc3ccc4cc(-n5nc6ccc7c(S(=O)(=O)O)cc(S(=O)(=O)O)cc7c6n5)ccc4c3O)cc2C)ccc1N=Nc1ccc(N=Nc2ccccc2S(=O)(=O)O)c(C)c1. The van der Waals surface area contributed by atoms with Crippen LogP contribution < -0.4 is 0 Å². The first-order valence-corrected chi connectivity index (χ1v) is 25.3. The third-order valence-corrected chi connectivity index (χ3v) is 13.7. The molecule has 25 heteroatoms. The van der Waals surface area contributed by atoms with E-state index in [4.69, 9.17) is 0 Å². The van der Waals surface area contributed by atoms with Crippen molar-refractivity contribution in [1.29, 1.82) is 0 Å². The van der Waals surface area contributed by atoms with Crippen molar-refractivity contribution >= 4 is 108 Å². The number of phenolic OH excluding ortho intramolecular Hbond substituents is 2. The van der Waals surface area contributed by atoms with Crippen LogP contribution in [0, 0.1) is 20.8 Å². The second-order valence-corrected chi connectivity index (χ2v) is 20.2. The summed E-state index contributed by atoms with van der Waals surface area (Å²) in [5.41, 5.74) is 5.37. The fourth-order valence-corrected chi connectivity index (χ4v) is 9.37. The maximum atomic E-state index is 12.2. The van der Waals surface area contributed by atoms with Crippen LogP contribution >= 0.6 is 0 Å². The molecular formula is C47H35N11O11S3. The molecule has 0 amide bonds. The number of aryl methyl sites for hydroxylation is 3. The molecule has 0 bridgehead atoms. The highest BCUT2D eigenvalue weighted by Gasteiger charge is 2.23. The molecule has 1 heterocycles. The van der Waals surface area contributed by atoms with Crippen LogP contribution in [0.4, 0.5) is 45.5 Å². The molecule has 0 aliphatic carbocycles. The van der Waals surface area contributed by atoms with Crippen LogP contribution in [0.5, 0.6) is 11.5 Å². The van der Waals surface area contributed by atoms with Gasteiger partial charge in [0.05, 0.1) is 39.0 Å². The Kier molecular flexibility index (Phi) is 12.5. The van der Waals surface area contributed by atoms with Gasteiger partial charge >= 0.3 is 0 Å². The Balaban J connectivity index is 0.881. The second kappa shape index (κ2) is 18.6. The quantitative estimate of drug-likeness (QED) is 0.0562. The lowest BCUT2D eigenvalue weighted by molar-refractivity contribution is 0.475. The molecule has 8 aromatic carbocycles. The molecule has 5 N–H and O–H groups in total. The third kappa shape index (κ3) is 10.0. The molecule has 0 radical (unpaired) electrons. The van der Waals surface area contributed by atoms with Gasteiger partial charge in [-0.3, -0.25) is 13.7 Å². The average Bonchev–Trinajstić information content (AvgIpc) is 3.78. The predicted octanol–water partition coefficient (Wildman–Crippen LogP) is 12.5. The number of azo groups is 4. The van der Waals surface area contributed by atoms with Gasteiger partial charge < -0.3 is 10.2 Å². The van der Waals surface area contributed by atoms with Crippen molar-refractivity contribution < 1.29 is 49.1 Å². The number of aromatic hydroxyl groups is 2. The zero-order chi connectivity index (χ0) is 51.3. The first-order chi connectivity index (χ1) is 34.1. The minimum atomic E-state index is -4.92. The Hall–Kier alpha value is -8.59. The summed E-state index contributed by atoms with van der Waals surface area (Å²) >= 11 is 0. The van der Waals surface area contributed by atoms with Gasteiger partial charge in [-0.05, 0) is 140 Å². The van der Waals surface area contributed by atoms with Gasteiger partial charge in [0.15, 0.2) is 5.75 Å². The van der Waals surface area contributed by atoms with E-state index >= 15 is 0 Å². The fraction of sp³-hybridized carbons (Fsp3) is 0.0638. The molecule has 9 rings (SSSR count). The van der Waals surface area contributed by atoms with Crippen molar-refractivity contribution in [3.63, 3.8) is 0 Å². The highest BCUT2D eigenvalue weighted by Crippen LogP contribution is 2.40. The number of hydrogen-bond donors (Lipinski definition) is 5. The van der Waals surface area contributed by atoms with Crippen LogP contribution in [0.2, 0.25) is 0 Å². The van der Waals surface area contributed by atoms with Crippen molar-refractivity contribution in [1.82, 2.24) is 15.0 Å². The zero-order valence-electron chi connectivity index (χ0n) is 37.5. The highest BCUT2D eigenvalue weighted by atomic mass is 32.2. The lowest BCUT2D eigenvalue weighted by Gasteiger charge is -2.07. The van der Waals surface area contributed by atoms with E-state index in [9.17, 15) is 49.1 Å². The zero-order valence-corrected chi connectivity index (χ0v) is 39.9. The Morgan fingerprint density at radius 3 is 1.67 bits per heavy atom. The van der Waals surface area contributed by atoms with Crippen LogP contribution in [0.15, 0.2) is 183 Å². The summed E-state index contributed by atoms with van der Waals surface area (Å²) in [6.07, 6.45) is 0. The number of nitrogens with zero attached hydrogens (tertiary/aromatic N) is 11. The molecule has 72 heavy (non-hydrogen) atoms. The van der Waals surface area contributed by atoms with E-state index in [1.165, 1.54) is 47.3 Å². The van der Waals surface area contributed by atoms with E-state index in [1.54, 1.807) is 86.6 Å². The molecule has 22 nitrogen and oxygen atoms in total. The summed E-state index contributed by atoms with van der Waals surface area (Å²) in [4.78, 5) is -0.651. The lowest BCUT2D eigenvalue weighted by atomic mass is 10.1. The molecule has 0 fully saturated rings. The van der Waals surface area contributed by atoms with Crippen LogP contribution in [0.3, 0.4) is 0 Å². The highest BCUT2D eigenvalue weighted by molar-refractivity contribution is 7.87. The largest absolute Gasteiger partial charge is 0.506 e. The van der Waals surface area contributed by atoms with Gasteiger partial charge in [-0.25, -0.2) is 0 Å². The van der Waals surface area contributed by atoms with Gasteiger partial charge in [0.1, 0.15) is 43.6 Å². The monoisotopic (exact) mass is 1030 g/mol. The molecule has 0 saturated heterocycles. The van der Waals surface area contributed by atoms with Crippen LogP contribution in [-0.4, -0.2) is 64.1 Å². The molecule has 0 atom stereocenters. The third-order valence-electron chi connectivity index (χ3n) is 11.1. The van der Waals surface area contributed by atoms with Crippen molar-refractivity contribution in [3.05, 3.63) is 144 Å². The number of aromatic nitrogens is 3. The predicted molar refractivity (Wildman–Crippen MR) is 263 cm³/mol. The standard InChI is InChI=1S/C47H35N11O11S3/c1-25-18-30(9-15-36(25)50-48-29-10-16-37(26(2)19-29)51-52-38-6-4-5-7-44(38)71(64,65)66)49-54-41-24-43(59)42(20-27(41)3)55-53-40-14-8-28-21-31(11-12-33(28)47(40)60)58-56-39-17-13-34-35(46(39)57-58)22-32(70(61,62)63)23-45(34)72(67,68)69/h4-24,59-60H,1-3H3,(H,61,62,63)(H,64,65,66)(H,67,68,69). The smallest absolute Gasteiger partial charge is 0.296 e. The van der Waals surface area contributed by atoms with Crippen molar-refractivity contribution in [2.75, 3.05) is 0 Å². The fourth-order valence-electron chi connectivity index (χ4n) is 7.41. The maximum Gasteiger partial charge on any atom is 0.296 e. The Labute approximate surface area is 408 Å². The van der Waals surface area contributed by atoms with E-state index in [0.29, 0.717) is 62.1 Å². The van der Waals surface area contributed by atoms with E-state index in [2.05, 4.69) is 51.1 Å². The number of benzene rings is 8. The van der Waals surface area contributed by atoms with Gasteiger partial charge in [-0.15, -0.1) is 25.5 Å². The summed E-state index contributed by atoms with van der Waals surface area (Å²) in [7, 11) is -14.3. The van der Waals surface area contributed by atoms with E-state index < -0.39 is 40.1 Å². The van der Waals surface area contributed by atoms with Gasteiger partial charge in [-0.2, -0.15) is 55.6 Å². The number of phenols is 2. The Bertz CT molecular complexity index is 4220. The summed E-state index contributed by atoms with van der Waals surface area (Å²) < 4.78 is 101. The van der Waals surface area contributed by atoms with Crippen molar-refractivity contribution in [2.24, 2.45) is 40.9 Å². The molecular weight excluding hydrogens is 991 g/mol. The Morgan fingerprint density at radius 1 is 0.444 bits per heavy atom. The van der Waals surface area contributed by atoms with Crippen molar-refractivity contribution in [2.45, 2.75) is 35.5 Å². The van der Waals surface area contributed by atoms with Gasteiger partial charge in [0, 0.05) is 22.2 Å². The minimum absolute atomic E-state index is 0.00795. The first kappa shape index (κ1) is 48.4.